The fourth-order valence-corrected chi connectivity index (χ4v) is 3.01. The summed E-state index contributed by atoms with van der Waals surface area (Å²) in [6, 6.07) is 9.68. The van der Waals surface area contributed by atoms with Crippen LogP contribution in [0, 0.1) is 5.92 Å². The normalized spacial score (nSPS) is 17.4. The Morgan fingerprint density at radius 3 is 2.70 bits per heavy atom. The summed E-state index contributed by atoms with van der Waals surface area (Å²) in [5.74, 6) is -1.06. The maximum atomic E-state index is 12.4. The van der Waals surface area contributed by atoms with Crippen molar-refractivity contribution in [1.29, 1.82) is 0 Å². The van der Waals surface area contributed by atoms with Crippen molar-refractivity contribution in [3.8, 4) is 0 Å². The van der Waals surface area contributed by atoms with E-state index in [0.717, 1.165) is 10.2 Å². The molecule has 1 fully saturated rings. The van der Waals surface area contributed by atoms with Gasteiger partial charge in [-0.2, -0.15) is 18.3 Å². The van der Waals surface area contributed by atoms with Crippen LogP contribution in [-0.4, -0.2) is 40.9 Å². The highest BCUT2D eigenvalue weighted by Crippen LogP contribution is 2.26. The number of hydrogen-bond acceptors (Lipinski definition) is 3. The number of carbonyl (C=O) groups is 2. The Hall–Kier alpha value is -2.84. The second-order valence-corrected chi connectivity index (χ2v) is 6.44. The number of benzene rings is 1. The van der Waals surface area contributed by atoms with Crippen LogP contribution in [-0.2, 0) is 22.6 Å². The van der Waals surface area contributed by atoms with Gasteiger partial charge in [0.05, 0.1) is 17.8 Å². The molecule has 144 valence electrons. The Labute approximate surface area is 154 Å². The minimum absolute atomic E-state index is 0.0294. The van der Waals surface area contributed by atoms with E-state index in [1.54, 1.807) is 0 Å². The van der Waals surface area contributed by atoms with Crippen LogP contribution in [0.15, 0.2) is 42.7 Å². The number of nitrogens with zero attached hydrogens (tertiary/aromatic N) is 3. The van der Waals surface area contributed by atoms with Crippen LogP contribution in [0.5, 0.6) is 0 Å². The molecule has 0 spiro atoms. The maximum Gasteiger partial charge on any atom is 0.408 e. The highest BCUT2D eigenvalue weighted by atomic mass is 19.4. The molecule has 6 nitrogen and oxygen atoms in total. The van der Waals surface area contributed by atoms with E-state index >= 15 is 0 Å². The highest BCUT2D eigenvalue weighted by molar-refractivity contribution is 6.00. The topological polar surface area (TPSA) is 67.2 Å². The number of carbonyl (C=O) groups excluding carboxylic acids is 2. The number of halogens is 3. The summed E-state index contributed by atoms with van der Waals surface area (Å²) in [5.41, 5.74) is 1.36. The molecule has 2 aromatic rings. The van der Waals surface area contributed by atoms with Gasteiger partial charge in [-0.1, -0.05) is 30.3 Å². The van der Waals surface area contributed by atoms with E-state index in [-0.39, 0.29) is 30.5 Å². The van der Waals surface area contributed by atoms with Gasteiger partial charge in [-0.05, 0) is 12.0 Å². The first-order chi connectivity index (χ1) is 12.8. The molecule has 2 heterocycles. The molecule has 1 unspecified atom stereocenters. The third kappa shape index (κ3) is 5.08. The van der Waals surface area contributed by atoms with Crippen molar-refractivity contribution in [3.63, 3.8) is 0 Å². The van der Waals surface area contributed by atoms with Crippen molar-refractivity contribution in [3.05, 3.63) is 48.3 Å². The summed E-state index contributed by atoms with van der Waals surface area (Å²) in [4.78, 5) is 25.8. The van der Waals surface area contributed by atoms with Crippen LogP contribution in [0.4, 0.5) is 18.9 Å². The lowest BCUT2D eigenvalue weighted by Crippen LogP contribution is -2.34. The quantitative estimate of drug-likeness (QED) is 0.835. The smallest absolute Gasteiger partial charge is 0.355 e. The molecule has 0 aliphatic carbocycles. The predicted octanol–water partition coefficient (Wildman–Crippen LogP) is 2.16. The molecule has 27 heavy (non-hydrogen) atoms. The fourth-order valence-electron chi connectivity index (χ4n) is 3.01. The molecule has 1 saturated heterocycles. The lowest BCUT2D eigenvalue weighted by molar-refractivity contribution is -0.142. The molecule has 0 radical (unpaired) electrons. The third-order valence-electron chi connectivity index (χ3n) is 4.32. The first-order valence-electron chi connectivity index (χ1n) is 8.53. The predicted molar refractivity (Wildman–Crippen MR) is 91.9 cm³/mol. The van der Waals surface area contributed by atoms with Gasteiger partial charge in [0.1, 0.15) is 6.54 Å². The summed E-state index contributed by atoms with van der Waals surface area (Å²) < 4.78 is 38.0. The summed E-state index contributed by atoms with van der Waals surface area (Å²) in [5, 5.41) is 6.45. The number of nitrogens with one attached hydrogen (secondary N) is 1. The van der Waals surface area contributed by atoms with E-state index in [2.05, 4.69) is 10.4 Å². The number of amides is 2. The van der Waals surface area contributed by atoms with Crippen molar-refractivity contribution in [2.45, 2.75) is 25.6 Å². The zero-order valence-corrected chi connectivity index (χ0v) is 14.4. The molecule has 1 atom stereocenters. The number of rotatable bonds is 6. The molecule has 1 aliphatic heterocycles. The molecule has 9 heteroatoms. The number of alkyl halides is 3. The molecule has 0 bridgehead atoms. The van der Waals surface area contributed by atoms with Crippen molar-refractivity contribution in [1.82, 2.24) is 15.1 Å². The van der Waals surface area contributed by atoms with Gasteiger partial charge in [0.25, 0.3) is 0 Å². The van der Waals surface area contributed by atoms with E-state index in [1.165, 1.54) is 17.3 Å². The monoisotopic (exact) mass is 380 g/mol. The van der Waals surface area contributed by atoms with Crippen LogP contribution in [0.25, 0.3) is 0 Å². The van der Waals surface area contributed by atoms with Crippen molar-refractivity contribution in [2.75, 3.05) is 18.0 Å². The Kier molecular flexibility index (Phi) is 5.48. The standard InChI is InChI=1S/C18H19F3N4O2/c19-18(20,21)12-24-11-15(9-23-24)25-10-14(8-16(25)26)17(27)22-7-6-13-4-2-1-3-5-13/h1-5,9,11,14H,6-8,10,12H2,(H,22,27). The average molecular weight is 380 g/mol. The number of anilines is 1. The van der Waals surface area contributed by atoms with Crippen LogP contribution in [0.3, 0.4) is 0 Å². The molecule has 3 rings (SSSR count). The molecule has 1 aromatic carbocycles. The van der Waals surface area contributed by atoms with Gasteiger partial charge < -0.3 is 10.2 Å². The Bertz CT molecular complexity index is 804. The summed E-state index contributed by atoms with van der Waals surface area (Å²) in [7, 11) is 0. The van der Waals surface area contributed by atoms with Crippen molar-refractivity contribution in [2.24, 2.45) is 5.92 Å². The van der Waals surface area contributed by atoms with Gasteiger partial charge in [-0.3, -0.25) is 14.3 Å². The van der Waals surface area contributed by atoms with E-state index in [1.807, 2.05) is 30.3 Å². The van der Waals surface area contributed by atoms with Gasteiger partial charge in [-0.15, -0.1) is 0 Å². The third-order valence-corrected chi connectivity index (χ3v) is 4.32. The summed E-state index contributed by atoms with van der Waals surface area (Å²) >= 11 is 0. The Morgan fingerprint density at radius 2 is 2.00 bits per heavy atom. The van der Waals surface area contributed by atoms with Crippen LogP contribution in [0.2, 0.25) is 0 Å². The minimum Gasteiger partial charge on any atom is -0.355 e. The fraction of sp³-hybridized carbons (Fsp3) is 0.389. The maximum absolute atomic E-state index is 12.4. The SMILES string of the molecule is O=C(NCCc1ccccc1)C1CC(=O)N(c2cnn(CC(F)(F)F)c2)C1. The second kappa shape index (κ2) is 7.81. The van der Waals surface area contributed by atoms with Crippen molar-refractivity contribution >= 4 is 17.5 Å². The molecule has 1 N–H and O–H groups in total. The van der Waals surface area contributed by atoms with E-state index in [4.69, 9.17) is 0 Å². The summed E-state index contributed by atoms with van der Waals surface area (Å²) in [6.45, 7) is -0.636. The van der Waals surface area contributed by atoms with Crippen LogP contribution < -0.4 is 10.2 Å². The number of aromatic nitrogens is 2. The lowest BCUT2D eigenvalue weighted by atomic mass is 10.1. The summed E-state index contributed by atoms with van der Waals surface area (Å²) in [6.07, 6.45) is -1.30. The number of hydrogen-bond donors (Lipinski definition) is 1. The van der Waals surface area contributed by atoms with Crippen LogP contribution >= 0.6 is 0 Å². The largest absolute Gasteiger partial charge is 0.408 e. The molecular formula is C18H19F3N4O2. The molecule has 1 aromatic heterocycles. The highest BCUT2D eigenvalue weighted by Gasteiger charge is 2.36. The lowest BCUT2D eigenvalue weighted by Gasteiger charge is -2.14. The zero-order chi connectivity index (χ0) is 19.4. The average Bonchev–Trinajstić information content (AvgIpc) is 3.20. The molecular weight excluding hydrogens is 361 g/mol. The van der Waals surface area contributed by atoms with Crippen LogP contribution in [0.1, 0.15) is 12.0 Å². The Balaban J connectivity index is 1.53. The zero-order valence-electron chi connectivity index (χ0n) is 14.4. The van der Waals surface area contributed by atoms with E-state index in [9.17, 15) is 22.8 Å². The van der Waals surface area contributed by atoms with E-state index < -0.39 is 18.6 Å². The van der Waals surface area contributed by atoms with Gasteiger partial charge in [0.2, 0.25) is 11.8 Å². The molecule has 0 saturated carbocycles. The van der Waals surface area contributed by atoms with Crippen molar-refractivity contribution < 1.29 is 22.8 Å². The van der Waals surface area contributed by atoms with Gasteiger partial charge in [0, 0.05) is 25.7 Å². The Morgan fingerprint density at radius 1 is 1.26 bits per heavy atom. The molecule has 1 aliphatic rings. The second-order valence-electron chi connectivity index (χ2n) is 6.44. The van der Waals surface area contributed by atoms with Gasteiger partial charge >= 0.3 is 6.18 Å². The first kappa shape index (κ1) is 18.9. The van der Waals surface area contributed by atoms with E-state index in [0.29, 0.717) is 13.0 Å². The molecule has 2 amide bonds. The van der Waals surface area contributed by atoms with Gasteiger partial charge in [0.15, 0.2) is 0 Å². The minimum atomic E-state index is -4.39. The first-order valence-corrected chi connectivity index (χ1v) is 8.53. The van der Waals surface area contributed by atoms with Gasteiger partial charge in [-0.25, -0.2) is 0 Å².